The van der Waals surface area contributed by atoms with Crippen LogP contribution in [0, 0.1) is 0 Å². The molecule has 0 saturated carbocycles. The molecule has 0 radical (unpaired) electrons. The van der Waals surface area contributed by atoms with Crippen LogP contribution >= 0.6 is 0 Å². The van der Waals surface area contributed by atoms with Gasteiger partial charge in [0, 0.05) is 0 Å². The Bertz CT molecular complexity index is 293. The van der Waals surface area contributed by atoms with E-state index in [1.54, 1.807) is 0 Å². The van der Waals surface area contributed by atoms with Crippen molar-refractivity contribution in [3.8, 4) is 0 Å². The van der Waals surface area contributed by atoms with Gasteiger partial charge in [-0.2, -0.15) is 0 Å². The summed E-state index contributed by atoms with van der Waals surface area (Å²) >= 11 is 0. The largest absolute Gasteiger partial charge is 0.0698 e. The predicted octanol–water partition coefficient (Wildman–Crippen LogP) is 4.67. The minimum absolute atomic E-state index is 1.16. The van der Waals surface area contributed by atoms with Crippen molar-refractivity contribution in [1.82, 2.24) is 0 Å². The standard InChI is InChI=1S/C14H20/c1-4-9-14(12(3)5-2)13-10-7-6-8-11-13/h6-8,10-11H,4-5,9H2,1-3H3/b14-12+. The summed E-state index contributed by atoms with van der Waals surface area (Å²) in [5.41, 5.74) is 4.46. The second-order valence-corrected chi connectivity index (χ2v) is 3.73. The molecule has 0 aromatic heterocycles. The number of hydrogen-bond acceptors (Lipinski definition) is 0. The van der Waals surface area contributed by atoms with E-state index in [0.29, 0.717) is 0 Å². The second-order valence-electron chi connectivity index (χ2n) is 3.73. The molecule has 76 valence electrons. The van der Waals surface area contributed by atoms with Gasteiger partial charge in [-0.05, 0) is 30.9 Å². The van der Waals surface area contributed by atoms with E-state index < -0.39 is 0 Å². The van der Waals surface area contributed by atoms with E-state index in [-0.39, 0.29) is 0 Å². The SMILES string of the molecule is CCC/C(=C(/C)CC)c1ccccc1. The first-order valence-corrected chi connectivity index (χ1v) is 5.53. The zero-order valence-electron chi connectivity index (χ0n) is 9.51. The zero-order valence-corrected chi connectivity index (χ0v) is 9.51. The zero-order chi connectivity index (χ0) is 10.4. The third kappa shape index (κ3) is 2.73. The monoisotopic (exact) mass is 188 g/mol. The molecule has 0 saturated heterocycles. The van der Waals surface area contributed by atoms with Crippen LogP contribution in [0.5, 0.6) is 0 Å². The van der Waals surface area contributed by atoms with Gasteiger partial charge in [0.25, 0.3) is 0 Å². The number of hydrogen-bond donors (Lipinski definition) is 0. The third-order valence-electron chi connectivity index (χ3n) is 2.67. The van der Waals surface area contributed by atoms with Crippen LogP contribution in [0.1, 0.15) is 45.6 Å². The van der Waals surface area contributed by atoms with Crippen molar-refractivity contribution in [1.29, 1.82) is 0 Å². The molecule has 0 spiro atoms. The molecular weight excluding hydrogens is 168 g/mol. The molecule has 14 heavy (non-hydrogen) atoms. The van der Waals surface area contributed by atoms with Crippen LogP contribution in [0.3, 0.4) is 0 Å². The van der Waals surface area contributed by atoms with Gasteiger partial charge in [0.05, 0.1) is 0 Å². The van der Waals surface area contributed by atoms with Gasteiger partial charge in [0.15, 0.2) is 0 Å². The molecule has 0 aliphatic heterocycles. The molecule has 0 bridgehead atoms. The predicted molar refractivity (Wildman–Crippen MR) is 64.2 cm³/mol. The van der Waals surface area contributed by atoms with E-state index >= 15 is 0 Å². The first-order valence-electron chi connectivity index (χ1n) is 5.53. The topological polar surface area (TPSA) is 0 Å². The Balaban J connectivity index is 3.01. The lowest BCUT2D eigenvalue weighted by molar-refractivity contribution is 0.951. The van der Waals surface area contributed by atoms with E-state index in [1.807, 2.05) is 0 Å². The number of rotatable bonds is 4. The van der Waals surface area contributed by atoms with Crippen LogP contribution in [-0.4, -0.2) is 0 Å². The minimum Gasteiger partial charge on any atom is -0.0698 e. The fourth-order valence-electron chi connectivity index (χ4n) is 1.71. The Morgan fingerprint density at radius 3 is 2.21 bits per heavy atom. The van der Waals surface area contributed by atoms with Crippen LogP contribution in [0.2, 0.25) is 0 Å². The highest BCUT2D eigenvalue weighted by molar-refractivity contribution is 5.68. The highest BCUT2D eigenvalue weighted by Crippen LogP contribution is 2.24. The quantitative estimate of drug-likeness (QED) is 0.644. The fraction of sp³-hybridized carbons (Fsp3) is 0.429. The van der Waals surface area contributed by atoms with Gasteiger partial charge in [0.1, 0.15) is 0 Å². The van der Waals surface area contributed by atoms with Crippen LogP contribution in [0.4, 0.5) is 0 Å². The summed E-state index contributed by atoms with van der Waals surface area (Å²) in [6, 6.07) is 10.7. The molecule has 0 fully saturated rings. The lowest BCUT2D eigenvalue weighted by atomic mass is 9.95. The summed E-state index contributed by atoms with van der Waals surface area (Å²) in [7, 11) is 0. The lowest BCUT2D eigenvalue weighted by Gasteiger charge is -2.10. The van der Waals surface area contributed by atoms with Gasteiger partial charge in [-0.3, -0.25) is 0 Å². The van der Waals surface area contributed by atoms with E-state index in [0.717, 1.165) is 6.42 Å². The lowest BCUT2D eigenvalue weighted by Crippen LogP contribution is -1.88. The Kier molecular flexibility index (Phi) is 4.45. The first-order chi connectivity index (χ1) is 6.79. The van der Waals surface area contributed by atoms with Crippen molar-refractivity contribution in [2.24, 2.45) is 0 Å². The van der Waals surface area contributed by atoms with Gasteiger partial charge < -0.3 is 0 Å². The molecule has 0 heterocycles. The first kappa shape index (κ1) is 11.0. The molecule has 0 heteroatoms. The Labute approximate surface area is 87.7 Å². The van der Waals surface area contributed by atoms with Crippen LogP contribution in [0.25, 0.3) is 5.57 Å². The molecule has 1 rings (SSSR count). The van der Waals surface area contributed by atoms with Crippen molar-refractivity contribution in [3.05, 3.63) is 41.5 Å². The highest BCUT2D eigenvalue weighted by atomic mass is 14.1. The average molecular weight is 188 g/mol. The molecule has 0 unspecified atom stereocenters. The molecule has 0 amide bonds. The van der Waals surface area contributed by atoms with Crippen molar-refractivity contribution < 1.29 is 0 Å². The van der Waals surface area contributed by atoms with Crippen molar-refractivity contribution in [2.75, 3.05) is 0 Å². The molecular formula is C14H20. The minimum atomic E-state index is 1.16. The van der Waals surface area contributed by atoms with Crippen molar-refractivity contribution >= 4 is 5.57 Å². The summed E-state index contributed by atoms with van der Waals surface area (Å²) in [6.45, 7) is 6.72. The maximum absolute atomic E-state index is 2.25. The highest BCUT2D eigenvalue weighted by Gasteiger charge is 2.02. The summed E-state index contributed by atoms with van der Waals surface area (Å²) in [4.78, 5) is 0. The summed E-state index contributed by atoms with van der Waals surface area (Å²) in [5, 5.41) is 0. The molecule has 0 aliphatic rings. The van der Waals surface area contributed by atoms with E-state index in [1.165, 1.54) is 29.6 Å². The molecule has 0 aliphatic carbocycles. The van der Waals surface area contributed by atoms with E-state index in [4.69, 9.17) is 0 Å². The third-order valence-corrected chi connectivity index (χ3v) is 2.67. The number of benzene rings is 1. The molecule has 0 N–H and O–H groups in total. The van der Waals surface area contributed by atoms with Gasteiger partial charge in [-0.1, -0.05) is 56.2 Å². The van der Waals surface area contributed by atoms with Crippen molar-refractivity contribution in [3.63, 3.8) is 0 Å². The second kappa shape index (κ2) is 5.64. The molecule has 0 atom stereocenters. The van der Waals surface area contributed by atoms with Gasteiger partial charge >= 0.3 is 0 Å². The molecule has 1 aromatic rings. The van der Waals surface area contributed by atoms with Gasteiger partial charge in [-0.25, -0.2) is 0 Å². The summed E-state index contributed by atoms with van der Waals surface area (Å²) < 4.78 is 0. The van der Waals surface area contributed by atoms with Gasteiger partial charge in [0.2, 0.25) is 0 Å². The molecule has 0 nitrogen and oxygen atoms in total. The maximum Gasteiger partial charge on any atom is -0.0225 e. The Morgan fingerprint density at radius 1 is 1.07 bits per heavy atom. The smallest absolute Gasteiger partial charge is 0.0225 e. The summed E-state index contributed by atoms with van der Waals surface area (Å²) in [5.74, 6) is 0. The Morgan fingerprint density at radius 2 is 1.71 bits per heavy atom. The van der Waals surface area contributed by atoms with Gasteiger partial charge in [-0.15, -0.1) is 0 Å². The van der Waals surface area contributed by atoms with Crippen LogP contribution in [0.15, 0.2) is 35.9 Å². The van der Waals surface area contributed by atoms with Crippen LogP contribution in [-0.2, 0) is 0 Å². The normalized spacial score (nSPS) is 12.5. The van der Waals surface area contributed by atoms with Crippen molar-refractivity contribution in [2.45, 2.75) is 40.0 Å². The molecule has 1 aromatic carbocycles. The van der Waals surface area contributed by atoms with E-state index in [9.17, 15) is 0 Å². The Hall–Kier alpha value is -1.04. The van der Waals surface area contributed by atoms with E-state index in [2.05, 4.69) is 51.1 Å². The number of allylic oxidation sites excluding steroid dienone is 2. The van der Waals surface area contributed by atoms with Crippen LogP contribution < -0.4 is 0 Å². The summed E-state index contributed by atoms with van der Waals surface area (Å²) in [6.07, 6.45) is 3.58. The fourth-order valence-corrected chi connectivity index (χ4v) is 1.71. The average Bonchev–Trinajstić information content (AvgIpc) is 2.26. The maximum atomic E-state index is 2.25.